The maximum Gasteiger partial charge on any atom is 0.267 e. The molecule has 0 aliphatic heterocycles. The number of carbonyl (C=O) groups excluding carboxylic acids is 2. The minimum atomic E-state index is -0.360. The molecule has 1 aromatic heterocycles. The van der Waals surface area contributed by atoms with Crippen LogP contribution in [0.2, 0.25) is 5.02 Å². The van der Waals surface area contributed by atoms with Gasteiger partial charge in [0.2, 0.25) is 0 Å². The van der Waals surface area contributed by atoms with Crippen molar-refractivity contribution in [1.29, 1.82) is 0 Å². The third-order valence-corrected chi connectivity index (χ3v) is 6.45. The van der Waals surface area contributed by atoms with E-state index in [4.69, 9.17) is 16.3 Å². The summed E-state index contributed by atoms with van der Waals surface area (Å²) in [5.41, 5.74) is 1.78. The van der Waals surface area contributed by atoms with E-state index >= 15 is 0 Å². The Morgan fingerprint density at radius 1 is 1.12 bits per heavy atom. The van der Waals surface area contributed by atoms with Crippen LogP contribution in [-0.2, 0) is 10.5 Å². The van der Waals surface area contributed by atoms with E-state index in [1.165, 1.54) is 11.3 Å². The van der Waals surface area contributed by atoms with Crippen LogP contribution in [0.3, 0.4) is 0 Å². The van der Waals surface area contributed by atoms with E-state index < -0.39 is 0 Å². The molecule has 0 bridgehead atoms. The molecule has 166 valence electrons. The van der Waals surface area contributed by atoms with Crippen molar-refractivity contribution in [2.45, 2.75) is 5.75 Å². The van der Waals surface area contributed by atoms with Crippen LogP contribution in [0.5, 0.6) is 5.75 Å². The second-order valence-corrected chi connectivity index (χ2v) is 9.22. The lowest BCUT2D eigenvalue weighted by molar-refractivity contribution is -0.117. The van der Waals surface area contributed by atoms with Gasteiger partial charge in [0.1, 0.15) is 11.4 Å². The van der Waals surface area contributed by atoms with Crippen LogP contribution >= 0.6 is 34.7 Å². The number of halogens is 1. The minimum Gasteiger partial charge on any atom is -0.497 e. The number of ether oxygens (including phenoxy) is 1. The second-order valence-electron chi connectivity index (χ2n) is 6.69. The van der Waals surface area contributed by atoms with Crippen molar-refractivity contribution in [3.63, 3.8) is 0 Å². The molecule has 0 unspecified atom stereocenters. The second kappa shape index (κ2) is 12.3. The zero-order chi connectivity index (χ0) is 22.8. The first kappa shape index (κ1) is 23.9. The van der Waals surface area contributed by atoms with Crippen LogP contribution in [0.25, 0.3) is 6.08 Å². The number of hydrogen-bond donors (Lipinski definition) is 2. The van der Waals surface area contributed by atoms with Crippen molar-refractivity contribution in [2.75, 3.05) is 19.4 Å². The highest BCUT2D eigenvalue weighted by Gasteiger charge is 2.15. The highest BCUT2D eigenvalue weighted by Crippen LogP contribution is 2.17. The number of thiophene rings is 1. The lowest BCUT2D eigenvalue weighted by atomic mass is 10.2. The smallest absolute Gasteiger partial charge is 0.267 e. The van der Waals surface area contributed by atoms with Gasteiger partial charge in [0.25, 0.3) is 11.8 Å². The van der Waals surface area contributed by atoms with Crippen LogP contribution in [0, 0.1) is 0 Å². The van der Waals surface area contributed by atoms with Gasteiger partial charge in [-0.1, -0.05) is 29.8 Å². The molecule has 0 fully saturated rings. The predicted molar refractivity (Wildman–Crippen MR) is 133 cm³/mol. The third-order valence-electron chi connectivity index (χ3n) is 4.36. The lowest BCUT2D eigenvalue weighted by Gasteiger charge is -2.11. The highest BCUT2D eigenvalue weighted by molar-refractivity contribution is 7.98. The van der Waals surface area contributed by atoms with E-state index in [0.717, 1.165) is 21.9 Å². The van der Waals surface area contributed by atoms with Crippen molar-refractivity contribution in [1.82, 2.24) is 10.6 Å². The molecule has 0 atom stereocenters. The number of amides is 2. The zero-order valence-corrected chi connectivity index (χ0v) is 19.9. The third kappa shape index (κ3) is 7.44. The van der Waals surface area contributed by atoms with Gasteiger partial charge in [-0.15, -0.1) is 11.3 Å². The number of nitrogens with one attached hydrogen (secondary N) is 2. The summed E-state index contributed by atoms with van der Waals surface area (Å²) in [6.45, 7) is 0.476. The maximum absolute atomic E-state index is 12.8. The molecule has 8 heteroatoms. The Morgan fingerprint density at radius 3 is 2.62 bits per heavy atom. The number of rotatable bonds is 10. The van der Waals surface area contributed by atoms with Gasteiger partial charge < -0.3 is 15.4 Å². The number of benzene rings is 2. The first-order valence-corrected chi connectivity index (χ1v) is 12.3. The molecule has 3 aromatic rings. The van der Waals surface area contributed by atoms with Crippen molar-refractivity contribution < 1.29 is 14.3 Å². The average Bonchev–Trinajstić information content (AvgIpc) is 3.31. The van der Waals surface area contributed by atoms with Crippen LogP contribution in [-0.4, -0.2) is 31.2 Å². The molecule has 0 aliphatic rings. The summed E-state index contributed by atoms with van der Waals surface area (Å²) >= 11 is 9.19. The Hall–Kier alpha value is -2.74. The first-order chi connectivity index (χ1) is 15.5. The molecule has 32 heavy (non-hydrogen) atoms. The molecular formula is C24H23ClN2O3S2. The summed E-state index contributed by atoms with van der Waals surface area (Å²) in [5.74, 6) is 1.51. The molecular weight excluding hydrogens is 464 g/mol. The molecule has 0 aliphatic carbocycles. The van der Waals surface area contributed by atoms with E-state index in [1.807, 2.05) is 41.8 Å². The Kier molecular flexibility index (Phi) is 9.22. The zero-order valence-electron chi connectivity index (χ0n) is 17.5. The number of carbonyl (C=O) groups is 2. The summed E-state index contributed by atoms with van der Waals surface area (Å²) in [6, 6.07) is 18.2. The maximum atomic E-state index is 12.8. The normalized spacial score (nSPS) is 11.1. The van der Waals surface area contributed by atoms with Crippen LogP contribution in [0.15, 0.2) is 71.7 Å². The van der Waals surface area contributed by atoms with Crippen molar-refractivity contribution in [2.24, 2.45) is 0 Å². The van der Waals surface area contributed by atoms with Gasteiger partial charge in [-0.25, -0.2) is 0 Å². The van der Waals surface area contributed by atoms with Gasteiger partial charge in [0.05, 0.1) is 7.11 Å². The van der Waals surface area contributed by atoms with Crippen LogP contribution in [0.1, 0.15) is 20.8 Å². The van der Waals surface area contributed by atoms with Crippen LogP contribution < -0.4 is 15.4 Å². The Labute approximate surface area is 200 Å². The monoisotopic (exact) mass is 486 g/mol. The quantitative estimate of drug-likeness (QED) is 0.304. The fourth-order valence-electron chi connectivity index (χ4n) is 2.76. The molecule has 0 spiro atoms. The van der Waals surface area contributed by atoms with Crippen molar-refractivity contribution >= 4 is 52.6 Å². The minimum absolute atomic E-state index is 0.202. The van der Waals surface area contributed by atoms with Gasteiger partial charge in [0, 0.05) is 33.5 Å². The van der Waals surface area contributed by atoms with E-state index in [1.54, 1.807) is 49.2 Å². The molecule has 0 saturated heterocycles. The van der Waals surface area contributed by atoms with Gasteiger partial charge in [-0.05, 0) is 59.5 Å². The topological polar surface area (TPSA) is 67.4 Å². The number of thioether (sulfide) groups is 1. The highest BCUT2D eigenvalue weighted by atomic mass is 35.5. The summed E-state index contributed by atoms with van der Waals surface area (Å²) in [4.78, 5) is 26.3. The molecule has 3 rings (SSSR count). The largest absolute Gasteiger partial charge is 0.497 e. The molecule has 2 amide bonds. The van der Waals surface area contributed by atoms with E-state index in [-0.39, 0.29) is 17.5 Å². The van der Waals surface area contributed by atoms with E-state index in [0.29, 0.717) is 22.9 Å². The number of methoxy groups -OCH3 is 1. The fourth-order valence-corrected chi connectivity index (χ4v) is 4.44. The van der Waals surface area contributed by atoms with Crippen molar-refractivity contribution in [3.05, 3.63) is 92.8 Å². The fraction of sp³-hybridized carbons (Fsp3) is 0.167. The first-order valence-electron chi connectivity index (χ1n) is 9.86. The van der Waals surface area contributed by atoms with Gasteiger partial charge in [-0.3, -0.25) is 9.59 Å². The van der Waals surface area contributed by atoms with Crippen LogP contribution in [0.4, 0.5) is 0 Å². The summed E-state index contributed by atoms with van der Waals surface area (Å²) in [7, 11) is 1.56. The molecule has 0 radical (unpaired) electrons. The van der Waals surface area contributed by atoms with E-state index in [2.05, 4.69) is 10.6 Å². The molecule has 0 saturated carbocycles. The Bertz CT molecular complexity index is 1070. The summed E-state index contributed by atoms with van der Waals surface area (Å²) in [5, 5.41) is 8.25. The molecule has 2 aromatic carbocycles. The molecule has 1 heterocycles. The Morgan fingerprint density at radius 2 is 1.94 bits per heavy atom. The number of hydrogen-bond acceptors (Lipinski definition) is 5. The summed E-state index contributed by atoms with van der Waals surface area (Å²) in [6.07, 6.45) is 1.68. The Balaban J connectivity index is 1.57. The lowest BCUT2D eigenvalue weighted by Crippen LogP contribution is -2.35. The van der Waals surface area contributed by atoms with E-state index in [9.17, 15) is 9.59 Å². The van der Waals surface area contributed by atoms with Gasteiger partial charge in [0.15, 0.2) is 0 Å². The predicted octanol–water partition coefficient (Wildman–Crippen LogP) is 5.23. The van der Waals surface area contributed by atoms with Crippen molar-refractivity contribution in [3.8, 4) is 5.75 Å². The molecule has 2 N–H and O–H groups in total. The molecule has 5 nitrogen and oxygen atoms in total. The average molecular weight is 487 g/mol. The van der Waals surface area contributed by atoms with Gasteiger partial charge in [-0.2, -0.15) is 11.8 Å². The van der Waals surface area contributed by atoms with Gasteiger partial charge >= 0.3 is 0 Å². The summed E-state index contributed by atoms with van der Waals surface area (Å²) < 4.78 is 5.12. The SMILES string of the molecule is COc1ccc(C(=O)N/C(=C\c2cccs2)C(=O)NCCSCc2cccc(Cl)c2)cc1. The standard InChI is InChI=1S/C24H23ClN2O3S2/c1-30-20-9-7-18(8-10-20)23(28)27-22(15-21-6-3-12-32-21)24(29)26-11-13-31-16-17-4-2-5-19(25)14-17/h2-10,12,14-15H,11,13,16H2,1H3,(H,26,29)(H,27,28)/b22-15-.